The monoisotopic (exact) mass is 571 g/mol. The molecule has 0 aliphatic rings. The van der Waals surface area contributed by atoms with E-state index in [0.717, 1.165) is 0 Å². The van der Waals surface area contributed by atoms with Crippen molar-refractivity contribution in [3.63, 3.8) is 0 Å². The predicted molar refractivity (Wildman–Crippen MR) is 134 cm³/mol. The zero-order valence-electron chi connectivity index (χ0n) is 19.0. The topological polar surface area (TPSA) is 133 Å². The number of aromatic hydroxyl groups is 1. The average Bonchev–Trinajstić information content (AvgIpc) is 3.37. The largest absolute Gasteiger partial charge is 0.507 e. The Morgan fingerprint density at radius 1 is 1.08 bits per heavy atom. The van der Waals surface area contributed by atoms with Crippen molar-refractivity contribution >= 4 is 33.4 Å². The second-order valence-corrected chi connectivity index (χ2v) is 8.72. The number of oxime groups is 1. The van der Waals surface area contributed by atoms with Crippen molar-refractivity contribution in [1.82, 2.24) is 15.6 Å². The van der Waals surface area contributed by atoms with Crippen LogP contribution in [0.3, 0.4) is 0 Å². The Morgan fingerprint density at radius 2 is 1.84 bits per heavy atom. The molecule has 1 heterocycles. The molecule has 0 aliphatic carbocycles. The van der Waals surface area contributed by atoms with Gasteiger partial charge in [0.05, 0.1) is 10.0 Å². The molecule has 9 nitrogen and oxygen atoms in total. The Labute approximate surface area is 217 Å². The number of amides is 1. The maximum absolute atomic E-state index is 13.6. The van der Waals surface area contributed by atoms with Crippen LogP contribution in [0.5, 0.6) is 5.75 Å². The van der Waals surface area contributed by atoms with Crippen LogP contribution in [0.15, 0.2) is 81.0 Å². The van der Waals surface area contributed by atoms with E-state index in [4.69, 9.17) is 4.63 Å². The Morgan fingerprint density at radius 3 is 2.54 bits per heavy atom. The third kappa shape index (κ3) is 6.09. The van der Waals surface area contributed by atoms with Gasteiger partial charge in [0.25, 0.3) is 5.91 Å². The Kier molecular flexibility index (Phi) is 8.08. The van der Waals surface area contributed by atoms with Crippen molar-refractivity contribution in [3.05, 3.63) is 105 Å². The van der Waals surface area contributed by atoms with Crippen molar-refractivity contribution in [2.45, 2.75) is 12.3 Å². The minimum atomic E-state index is -0.565. The van der Waals surface area contributed by atoms with Crippen molar-refractivity contribution in [3.8, 4) is 5.75 Å². The molecular weight excluding hydrogens is 552 g/mol. The number of nitrogens with one attached hydrogen (secondary N) is 2. The minimum absolute atomic E-state index is 0.0595. The lowest BCUT2D eigenvalue weighted by atomic mass is 9.91. The van der Waals surface area contributed by atoms with Crippen LogP contribution in [-0.4, -0.2) is 38.9 Å². The maximum Gasteiger partial charge on any atom is 0.255 e. The number of carbonyl (C=O) groups is 1. The molecular formula is C25H20BrF2N5O4. The number of aromatic nitrogens is 2. The molecule has 4 aromatic rings. The van der Waals surface area contributed by atoms with Gasteiger partial charge in [0.15, 0.2) is 5.69 Å². The zero-order valence-corrected chi connectivity index (χ0v) is 20.6. The van der Waals surface area contributed by atoms with E-state index in [2.05, 4.69) is 42.0 Å². The molecule has 1 amide bonds. The van der Waals surface area contributed by atoms with Crippen LogP contribution in [0.4, 0.5) is 14.5 Å². The first kappa shape index (κ1) is 25.8. The lowest BCUT2D eigenvalue weighted by molar-refractivity contribution is 0.0950. The van der Waals surface area contributed by atoms with E-state index in [1.807, 2.05) is 0 Å². The summed E-state index contributed by atoms with van der Waals surface area (Å²) in [6.07, 6.45) is 0.271. The van der Waals surface area contributed by atoms with Gasteiger partial charge in [0.1, 0.15) is 23.1 Å². The third-order valence-corrected chi connectivity index (χ3v) is 6.10. The van der Waals surface area contributed by atoms with E-state index in [-0.39, 0.29) is 46.0 Å². The van der Waals surface area contributed by atoms with Crippen LogP contribution in [0.2, 0.25) is 0 Å². The van der Waals surface area contributed by atoms with Crippen molar-refractivity contribution in [1.29, 1.82) is 0 Å². The van der Waals surface area contributed by atoms with Crippen LogP contribution in [0, 0.1) is 11.6 Å². The van der Waals surface area contributed by atoms with E-state index in [1.165, 1.54) is 42.5 Å². The number of carbonyl (C=O) groups excluding carboxylic acids is 1. The lowest BCUT2D eigenvalue weighted by Gasteiger charge is -2.17. The number of anilines is 1. The van der Waals surface area contributed by atoms with Gasteiger partial charge in [-0.3, -0.25) is 4.79 Å². The molecule has 1 atom stereocenters. The average molecular weight is 572 g/mol. The van der Waals surface area contributed by atoms with Crippen LogP contribution < -0.4 is 10.6 Å². The van der Waals surface area contributed by atoms with Crippen molar-refractivity contribution < 1.29 is 28.5 Å². The van der Waals surface area contributed by atoms with Gasteiger partial charge in [-0.1, -0.05) is 34.6 Å². The van der Waals surface area contributed by atoms with Crippen LogP contribution in [-0.2, 0) is 0 Å². The molecule has 4 N–H and O–H groups in total. The number of benzene rings is 3. The molecule has 190 valence electrons. The highest BCUT2D eigenvalue weighted by atomic mass is 79.9. The second kappa shape index (κ2) is 11.6. The number of halogens is 3. The predicted octanol–water partition coefficient (Wildman–Crippen LogP) is 5.02. The van der Waals surface area contributed by atoms with Crippen LogP contribution in [0.1, 0.15) is 39.6 Å². The fourth-order valence-corrected chi connectivity index (χ4v) is 4.06. The van der Waals surface area contributed by atoms with E-state index in [0.29, 0.717) is 11.3 Å². The first-order chi connectivity index (χ1) is 17.9. The molecule has 12 heteroatoms. The molecule has 0 bridgehead atoms. The third-order valence-electron chi connectivity index (χ3n) is 5.49. The van der Waals surface area contributed by atoms with Crippen molar-refractivity contribution in [2.75, 3.05) is 11.9 Å². The second-order valence-electron chi connectivity index (χ2n) is 7.87. The molecule has 0 saturated carbocycles. The summed E-state index contributed by atoms with van der Waals surface area (Å²) in [6, 6.07) is 15.9. The van der Waals surface area contributed by atoms with E-state index >= 15 is 0 Å². The van der Waals surface area contributed by atoms with Crippen molar-refractivity contribution in [2.24, 2.45) is 5.16 Å². The molecule has 1 aromatic heterocycles. The summed E-state index contributed by atoms with van der Waals surface area (Å²) in [7, 11) is 0. The van der Waals surface area contributed by atoms with Crippen LogP contribution >= 0.6 is 15.9 Å². The highest BCUT2D eigenvalue weighted by Gasteiger charge is 2.27. The molecule has 0 radical (unpaired) electrons. The SMILES string of the molecule is O=C(NCCC(c1ccc(F)cc1)c1nonc1C(=NO)Nc1ccc(F)c(Br)c1)c1ccccc1O. The summed E-state index contributed by atoms with van der Waals surface area (Å²) >= 11 is 3.10. The normalized spacial score (nSPS) is 12.2. The molecule has 1 unspecified atom stereocenters. The Balaban J connectivity index is 1.59. The maximum atomic E-state index is 13.6. The molecule has 0 spiro atoms. The number of hydrogen-bond donors (Lipinski definition) is 4. The summed E-state index contributed by atoms with van der Waals surface area (Å²) in [6.45, 7) is 0.144. The van der Waals surface area contributed by atoms with Gasteiger partial charge in [0.2, 0.25) is 5.84 Å². The van der Waals surface area contributed by atoms with Gasteiger partial charge in [0, 0.05) is 18.2 Å². The van der Waals surface area contributed by atoms with Gasteiger partial charge in [-0.25, -0.2) is 13.4 Å². The summed E-state index contributed by atoms with van der Waals surface area (Å²) in [5.41, 5.74) is 1.46. The van der Waals surface area contributed by atoms with E-state index < -0.39 is 23.5 Å². The molecule has 0 fully saturated rings. The number of phenols is 1. The summed E-state index contributed by atoms with van der Waals surface area (Å²) in [5.74, 6) is -2.23. The highest BCUT2D eigenvalue weighted by Crippen LogP contribution is 2.30. The Hall–Kier alpha value is -4.32. The summed E-state index contributed by atoms with van der Waals surface area (Å²) in [4.78, 5) is 12.5. The standard InChI is InChI=1S/C25H20BrF2N5O4/c26-19-13-16(9-10-20(19)28)30-24(31-36)23-22(32-37-33-23)17(14-5-7-15(27)8-6-14)11-12-29-25(35)18-3-1-2-4-21(18)34/h1-10,13,17,34,36H,11-12H2,(H,29,35)(H,30,31). The van der Waals surface area contributed by atoms with Gasteiger partial charge >= 0.3 is 0 Å². The zero-order chi connectivity index (χ0) is 26.4. The fraction of sp³-hybridized carbons (Fsp3) is 0.120. The quantitative estimate of drug-likeness (QED) is 0.101. The molecule has 37 heavy (non-hydrogen) atoms. The first-order valence-electron chi connectivity index (χ1n) is 11.0. The van der Waals surface area contributed by atoms with E-state index in [9.17, 15) is 23.9 Å². The minimum Gasteiger partial charge on any atom is -0.507 e. The number of nitrogens with zero attached hydrogens (tertiary/aromatic N) is 3. The van der Waals surface area contributed by atoms with Gasteiger partial charge in [-0.15, -0.1) is 0 Å². The molecule has 4 rings (SSSR count). The number of para-hydroxylation sites is 1. The first-order valence-corrected chi connectivity index (χ1v) is 11.7. The number of phenolic OH excluding ortho intramolecular Hbond substituents is 1. The number of amidine groups is 1. The number of rotatable bonds is 8. The van der Waals surface area contributed by atoms with Gasteiger partial charge in [-0.05, 0) is 75.5 Å². The summed E-state index contributed by atoms with van der Waals surface area (Å²) < 4.78 is 32.4. The Bertz CT molecular complexity index is 1430. The lowest BCUT2D eigenvalue weighted by Crippen LogP contribution is -2.26. The molecule has 0 aliphatic heterocycles. The van der Waals surface area contributed by atoms with E-state index in [1.54, 1.807) is 24.3 Å². The molecule has 0 saturated heterocycles. The summed E-state index contributed by atoms with van der Waals surface area (Å²) in [5, 5.41) is 36.3. The molecule has 3 aromatic carbocycles. The number of hydrogen-bond acceptors (Lipinski definition) is 7. The highest BCUT2D eigenvalue weighted by molar-refractivity contribution is 9.10. The van der Waals surface area contributed by atoms with Gasteiger partial charge < -0.3 is 20.9 Å². The smallest absolute Gasteiger partial charge is 0.255 e. The fourth-order valence-electron chi connectivity index (χ4n) is 3.68. The van der Waals surface area contributed by atoms with Gasteiger partial charge in [-0.2, -0.15) is 0 Å². The van der Waals surface area contributed by atoms with Crippen LogP contribution in [0.25, 0.3) is 0 Å².